The molecule has 0 heterocycles. The zero-order valence-corrected chi connectivity index (χ0v) is 11.4. The maximum atomic E-state index is 13.7. The monoisotopic (exact) mass is 304 g/mol. The van der Waals surface area contributed by atoms with Gasteiger partial charge in [0.1, 0.15) is 16.5 Å². The van der Waals surface area contributed by atoms with E-state index in [9.17, 15) is 27.1 Å². The maximum absolute atomic E-state index is 13.7. The van der Waals surface area contributed by atoms with E-state index in [0.717, 1.165) is 18.6 Å². The van der Waals surface area contributed by atoms with Crippen molar-refractivity contribution in [3.8, 4) is 0 Å². The Morgan fingerprint density at radius 3 is 2.25 bits per heavy atom. The molecule has 1 fully saturated rings. The Kier molecular flexibility index (Phi) is 3.82. The predicted molar refractivity (Wildman–Crippen MR) is 67.0 cm³/mol. The zero-order valence-electron chi connectivity index (χ0n) is 10.6. The molecular formula is C13H14F2O4S. The van der Waals surface area contributed by atoms with Crippen LogP contribution in [0, 0.1) is 11.6 Å². The third kappa shape index (κ3) is 2.19. The van der Waals surface area contributed by atoms with E-state index in [1.165, 1.54) is 0 Å². The van der Waals surface area contributed by atoms with Crippen molar-refractivity contribution in [2.24, 2.45) is 0 Å². The number of benzene rings is 1. The standard InChI is InChI=1S/C13H14F2O4S/c14-9-4-5-11(10(15)8-9)20(18,19)13(12(16)17)6-2-1-3-7-13/h4-5,8H,1-3,6-7H2,(H,16,17). The van der Waals surface area contributed by atoms with Gasteiger partial charge < -0.3 is 5.11 Å². The fraction of sp³-hybridized carbons (Fsp3) is 0.462. The average molecular weight is 304 g/mol. The average Bonchev–Trinajstić information content (AvgIpc) is 2.38. The van der Waals surface area contributed by atoms with Gasteiger partial charge in [0, 0.05) is 6.07 Å². The lowest BCUT2D eigenvalue weighted by Crippen LogP contribution is -2.48. The van der Waals surface area contributed by atoms with Crippen LogP contribution in [-0.4, -0.2) is 24.2 Å². The molecule has 0 amide bonds. The highest BCUT2D eigenvalue weighted by Crippen LogP contribution is 2.40. The zero-order chi connectivity index (χ0) is 15.0. The molecule has 0 aliphatic heterocycles. The highest BCUT2D eigenvalue weighted by molar-refractivity contribution is 7.93. The van der Waals surface area contributed by atoms with Gasteiger partial charge in [-0.2, -0.15) is 0 Å². The Hall–Kier alpha value is -1.50. The van der Waals surface area contributed by atoms with E-state index in [-0.39, 0.29) is 12.8 Å². The fourth-order valence-electron chi connectivity index (χ4n) is 2.62. The Morgan fingerprint density at radius 2 is 1.75 bits per heavy atom. The molecule has 0 spiro atoms. The van der Waals surface area contributed by atoms with Gasteiger partial charge in [0.2, 0.25) is 0 Å². The first-order valence-corrected chi connectivity index (χ1v) is 7.73. The summed E-state index contributed by atoms with van der Waals surface area (Å²) in [6.45, 7) is 0. The van der Waals surface area contributed by atoms with Gasteiger partial charge in [0.25, 0.3) is 0 Å². The molecule has 7 heteroatoms. The summed E-state index contributed by atoms with van der Waals surface area (Å²) in [4.78, 5) is 10.8. The van der Waals surface area contributed by atoms with E-state index in [0.29, 0.717) is 18.9 Å². The Bertz CT molecular complexity index is 634. The lowest BCUT2D eigenvalue weighted by molar-refractivity contribution is -0.141. The number of carboxylic acids is 1. The summed E-state index contributed by atoms with van der Waals surface area (Å²) in [6, 6.07) is 2.05. The number of carbonyl (C=O) groups is 1. The summed E-state index contributed by atoms with van der Waals surface area (Å²) in [5.74, 6) is -3.63. The number of halogens is 2. The van der Waals surface area contributed by atoms with Crippen LogP contribution in [0.25, 0.3) is 0 Å². The Balaban J connectivity index is 2.59. The molecule has 20 heavy (non-hydrogen) atoms. The van der Waals surface area contributed by atoms with Gasteiger partial charge in [0.15, 0.2) is 14.6 Å². The van der Waals surface area contributed by atoms with Crippen LogP contribution in [-0.2, 0) is 14.6 Å². The molecule has 0 radical (unpaired) electrons. The van der Waals surface area contributed by atoms with E-state index in [1.807, 2.05) is 0 Å². The summed E-state index contributed by atoms with van der Waals surface area (Å²) in [6.07, 6.45) is 1.54. The van der Waals surface area contributed by atoms with Crippen molar-refractivity contribution >= 4 is 15.8 Å². The van der Waals surface area contributed by atoms with Gasteiger partial charge >= 0.3 is 5.97 Å². The SMILES string of the molecule is O=C(O)C1(S(=O)(=O)c2ccc(F)cc2F)CCCCC1. The molecule has 4 nitrogen and oxygen atoms in total. The second-order valence-corrected chi connectivity index (χ2v) is 7.17. The van der Waals surface area contributed by atoms with Crippen LogP contribution in [0.5, 0.6) is 0 Å². The lowest BCUT2D eigenvalue weighted by atomic mass is 9.88. The minimum absolute atomic E-state index is 0.0541. The summed E-state index contributed by atoms with van der Waals surface area (Å²) >= 11 is 0. The largest absolute Gasteiger partial charge is 0.480 e. The first kappa shape index (κ1) is 14.9. The molecule has 2 rings (SSSR count). The van der Waals surface area contributed by atoms with Crippen molar-refractivity contribution in [1.29, 1.82) is 0 Å². The highest BCUT2D eigenvalue weighted by atomic mass is 32.2. The number of sulfone groups is 1. The van der Waals surface area contributed by atoms with Gasteiger partial charge in [-0.15, -0.1) is 0 Å². The molecule has 0 aromatic heterocycles. The van der Waals surface area contributed by atoms with Gasteiger partial charge in [-0.3, -0.25) is 4.79 Å². The minimum atomic E-state index is -4.41. The minimum Gasteiger partial charge on any atom is -0.480 e. The normalized spacial score (nSPS) is 18.7. The second kappa shape index (κ2) is 5.12. The molecule has 1 aromatic carbocycles. The second-order valence-electron chi connectivity index (χ2n) is 4.94. The Morgan fingerprint density at radius 1 is 1.15 bits per heavy atom. The third-order valence-corrected chi connectivity index (χ3v) is 6.27. The lowest BCUT2D eigenvalue weighted by Gasteiger charge is -2.32. The van der Waals surface area contributed by atoms with Crippen molar-refractivity contribution < 1.29 is 27.1 Å². The number of rotatable bonds is 3. The van der Waals surface area contributed by atoms with E-state index < -0.39 is 37.1 Å². The summed E-state index contributed by atoms with van der Waals surface area (Å²) in [5.41, 5.74) is 0. The van der Waals surface area contributed by atoms with Crippen LogP contribution in [0.4, 0.5) is 8.78 Å². The summed E-state index contributed by atoms with van der Waals surface area (Å²) in [5, 5.41) is 9.36. The smallest absolute Gasteiger partial charge is 0.325 e. The first-order valence-electron chi connectivity index (χ1n) is 6.24. The van der Waals surface area contributed by atoms with Crippen LogP contribution in [0.2, 0.25) is 0 Å². The van der Waals surface area contributed by atoms with Crippen molar-refractivity contribution in [2.75, 3.05) is 0 Å². The molecule has 1 N–H and O–H groups in total. The van der Waals surface area contributed by atoms with Gasteiger partial charge in [-0.25, -0.2) is 17.2 Å². The predicted octanol–water partition coefficient (Wildman–Crippen LogP) is 2.53. The van der Waals surface area contributed by atoms with Crippen LogP contribution < -0.4 is 0 Å². The molecule has 1 aliphatic rings. The third-order valence-electron chi connectivity index (χ3n) is 3.75. The molecule has 1 aromatic rings. The van der Waals surface area contributed by atoms with Crippen LogP contribution >= 0.6 is 0 Å². The highest BCUT2D eigenvalue weighted by Gasteiger charge is 2.52. The maximum Gasteiger partial charge on any atom is 0.325 e. The molecule has 0 unspecified atom stereocenters. The van der Waals surface area contributed by atoms with Gasteiger partial charge in [-0.05, 0) is 25.0 Å². The molecule has 1 saturated carbocycles. The van der Waals surface area contributed by atoms with Crippen LogP contribution in [0.3, 0.4) is 0 Å². The molecule has 1 aliphatic carbocycles. The van der Waals surface area contributed by atoms with Gasteiger partial charge in [0.05, 0.1) is 0 Å². The van der Waals surface area contributed by atoms with Gasteiger partial charge in [-0.1, -0.05) is 19.3 Å². The molecule has 0 bridgehead atoms. The van der Waals surface area contributed by atoms with Crippen LogP contribution in [0.1, 0.15) is 32.1 Å². The van der Waals surface area contributed by atoms with E-state index in [4.69, 9.17) is 0 Å². The number of carboxylic acid groups (broad SMARTS) is 1. The van der Waals surface area contributed by atoms with E-state index >= 15 is 0 Å². The quantitative estimate of drug-likeness (QED) is 0.871. The first-order chi connectivity index (χ1) is 9.31. The van der Waals surface area contributed by atoms with Crippen molar-refractivity contribution in [2.45, 2.75) is 41.7 Å². The van der Waals surface area contributed by atoms with Crippen molar-refractivity contribution in [3.05, 3.63) is 29.8 Å². The summed E-state index contributed by atoms with van der Waals surface area (Å²) < 4.78 is 49.7. The number of aliphatic carboxylic acids is 1. The number of hydrogen-bond acceptors (Lipinski definition) is 3. The molecular weight excluding hydrogens is 290 g/mol. The van der Waals surface area contributed by atoms with E-state index in [2.05, 4.69) is 0 Å². The molecule has 110 valence electrons. The van der Waals surface area contributed by atoms with Crippen molar-refractivity contribution in [3.63, 3.8) is 0 Å². The fourth-order valence-corrected chi connectivity index (χ4v) is 4.66. The molecule has 0 saturated heterocycles. The van der Waals surface area contributed by atoms with Crippen molar-refractivity contribution in [1.82, 2.24) is 0 Å². The molecule has 0 atom stereocenters. The summed E-state index contributed by atoms with van der Waals surface area (Å²) in [7, 11) is -4.41. The van der Waals surface area contributed by atoms with E-state index in [1.54, 1.807) is 0 Å². The van der Waals surface area contributed by atoms with Crippen LogP contribution in [0.15, 0.2) is 23.1 Å². The topological polar surface area (TPSA) is 71.4 Å². The number of hydrogen-bond donors (Lipinski definition) is 1. The Labute approximate surface area is 115 Å².